The van der Waals surface area contributed by atoms with Gasteiger partial charge in [-0.25, -0.2) is 8.42 Å². The number of ether oxygens (including phenoxy) is 2. The predicted octanol–water partition coefficient (Wildman–Crippen LogP) is 3.97. The Bertz CT molecular complexity index is 519. The van der Waals surface area contributed by atoms with Gasteiger partial charge in [0.15, 0.2) is 0 Å². The van der Waals surface area contributed by atoms with Crippen LogP contribution in [0.15, 0.2) is 22.7 Å². The van der Waals surface area contributed by atoms with Gasteiger partial charge in [-0.1, -0.05) is 12.8 Å². The summed E-state index contributed by atoms with van der Waals surface area (Å²) in [5, 5.41) is 0. The summed E-state index contributed by atoms with van der Waals surface area (Å²) in [5.41, 5.74) is 0. The minimum atomic E-state index is -3.35. The molecular formula is C13H18BrClO4S. The third-order valence-electron chi connectivity index (χ3n) is 2.68. The van der Waals surface area contributed by atoms with Crippen LogP contribution in [0.2, 0.25) is 0 Å². The van der Waals surface area contributed by atoms with E-state index in [0.29, 0.717) is 13.0 Å². The fraction of sp³-hybridized carbons (Fsp3) is 0.538. The summed E-state index contributed by atoms with van der Waals surface area (Å²) >= 11 is 3.42. The van der Waals surface area contributed by atoms with Crippen LogP contribution in [0.25, 0.3) is 0 Å². The summed E-state index contributed by atoms with van der Waals surface area (Å²) < 4.78 is 33.0. The lowest BCUT2D eigenvalue weighted by atomic mass is 10.2. The van der Waals surface area contributed by atoms with Gasteiger partial charge in [0.1, 0.15) is 11.5 Å². The predicted molar refractivity (Wildman–Crippen MR) is 84.3 cm³/mol. The molecule has 0 spiro atoms. The average Bonchev–Trinajstić information content (AvgIpc) is 2.37. The molecule has 0 amide bonds. The lowest BCUT2D eigenvalue weighted by Gasteiger charge is -2.09. The van der Waals surface area contributed by atoms with Crippen molar-refractivity contribution in [1.82, 2.24) is 0 Å². The normalized spacial score (nSPS) is 11.3. The molecule has 0 heterocycles. The Morgan fingerprint density at radius 2 is 1.90 bits per heavy atom. The van der Waals surface area contributed by atoms with E-state index in [0.717, 1.165) is 35.2 Å². The Hall–Kier alpha value is -0.460. The molecule has 114 valence electrons. The third-order valence-corrected chi connectivity index (χ3v) is 4.54. The first-order valence-electron chi connectivity index (χ1n) is 6.31. The van der Waals surface area contributed by atoms with Crippen LogP contribution in [0.5, 0.6) is 11.5 Å². The van der Waals surface area contributed by atoms with Gasteiger partial charge in [-0.2, -0.15) is 0 Å². The second kappa shape index (κ2) is 8.74. The fourth-order valence-electron chi connectivity index (χ4n) is 1.64. The Kier molecular flexibility index (Phi) is 7.69. The maximum atomic E-state index is 10.7. The summed E-state index contributed by atoms with van der Waals surface area (Å²) in [5.74, 6) is 1.58. The maximum Gasteiger partial charge on any atom is 0.232 e. The van der Waals surface area contributed by atoms with Crippen LogP contribution in [0.3, 0.4) is 0 Å². The second-order valence-corrected chi connectivity index (χ2v) is 8.05. The molecule has 0 bridgehead atoms. The van der Waals surface area contributed by atoms with Crippen LogP contribution in [0.1, 0.15) is 25.7 Å². The largest absolute Gasteiger partial charge is 0.497 e. The molecule has 0 radical (unpaired) electrons. The third kappa shape index (κ3) is 7.36. The number of hydrogen-bond donors (Lipinski definition) is 0. The Labute approximate surface area is 133 Å². The molecule has 4 nitrogen and oxygen atoms in total. The summed E-state index contributed by atoms with van der Waals surface area (Å²) in [6.45, 7) is 0.596. The SMILES string of the molecule is COc1ccc(OCCCCCCS(=O)(=O)Cl)c(Br)c1. The lowest BCUT2D eigenvalue weighted by molar-refractivity contribution is 0.302. The van der Waals surface area contributed by atoms with E-state index < -0.39 is 9.05 Å². The van der Waals surface area contributed by atoms with E-state index >= 15 is 0 Å². The van der Waals surface area contributed by atoms with Crippen molar-refractivity contribution in [2.75, 3.05) is 19.5 Å². The first-order valence-corrected chi connectivity index (χ1v) is 9.58. The summed E-state index contributed by atoms with van der Waals surface area (Å²) in [6.07, 6.45) is 3.22. The highest BCUT2D eigenvalue weighted by atomic mass is 79.9. The number of unbranched alkanes of at least 4 members (excludes halogenated alkanes) is 3. The van der Waals surface area contributed by atoms with Crippen molar-refractivity contribution in [2.24, 2.45) is 0 Å². The van der Waals surface area contributed by atoms with Crippen molar-refractivity contribution in [2.45, 2.75) is 25.7 Å². The van der Waals surface area contributed by atoms with Gasteiger partial charge in [0.25, 0.3) is 0 Å². The van der Waals surface area contributed by atoms with Gasteiger partial charge >= 0.3 is 0 Å². The van der Waals surface area contributed by atoms with E-state index in [4.69, 9.17) is 20.2 Å². The lowest BCUT2D eigenvalue weighted by Crippen LogP contribution is -2.00. The van der Waals surface area contributed by atoms with Crippen molar-refractivity contribution in [3.8, 4) is 11.5 Å². The van der Waals surface area contributed by atoms with E-state index in [1.54, 1.807) is 7.11 Å². The van der Waals surface area contributed by atoms with Crippen LogP contribution in [0, 0.1) is 0 Å². The van der Waals surface area contributed by atoms with E-state index in [9.17, 15) is 8.42 Å². The molecular weight excluding hydrogens is 368 g/mol. The average molecular weight is 386 g/mol. The van der Waals surface area contributed by atoms with Crippen molar-refractivity contribution in [3.63, 3.8) is 0 Å². The fourth-order valence-corrected chi connectivity index (χ4v) is 2.99. The van der Waals surface area contributed by atoms with Gasteiger partial charge in [0.2, 0.25) is 9.05 Å². The quantitative estimate of drug-likeness (QED) is 0.477. The van der Waals surface area contributed by atoms with E-state index in [1.165, 1.54) is 0 Å². The molecule has 0 atom stereocenters. The highest BCUT2D eigenvalue weighted by molar-refractivity contribution is 9.10. The number of halogens is 2. The molecule has 7 heteroatoms. The van der Waals surface area contributed by atoms with Gasteiger partial charge in [-0.05, 0) is 47.0 Å². The Morgan fingerprint density at radius 3 is 2.50 bits per heavy atom. The first kappa shape index (κ1) is 17.6. The zero-order chi connectivity index (χ0) is 15.0. The molecule has 0 saturated heterocycles. The van der Waals surface area contributed by atoms with Gasteiger partial charge in [0, 0.05) is 10.7 Å². The molecule has 0 fully saturated rings. The smallest absolute Gasteiger partial charge is 0.232 e. The summed E-state index contributed by atoms with van der Waals surface area (Å²) in [6, 6.07) is 5.54. The summed E-state index contributed by atoms with van der Waals surface area (Å²) in [4.78, 5) is 0. The molecule has 0 unspecified atom stereocenters. The van der Waals surface area contributed by atoms with Crippen LogP contribution >= 0.6 is 26.6 Å². The van der Waals surface area contributed by atoms with E-state index in [2.05, 4.69) is 15.9 Å². The van der Waals surface area contributed by atoms with Gasteiger partial charge in [-0.3, -0.25) is 0 Å². The molecule has 0 aliphatic heterocycles. The molecule has 1 rings (SSSR count). The molecule has 1 aromatic carbocycles. The van der Waals surface area contributed by atoms with Crippen molar-refractivity contribution >= 4 is 35.7 Å². The molecule has 0 aromatic heterocycles. The maximum absolute atomic E-state index is 10.7. The standard InChI is InChI=1S/C13H18BrClO4S/c1-18-11-6-7-13(12(14)10-11)19-8-4-2-3-5-9-20(15,16)17/h6-7,10H,2-5,8-9H2,1H3. The minimum Gasteiger partial charge on any atom is -0.497 e. The Morgan fingerprint density at radius 1 is 1.20 bits per heavy atom. The zero-order valence-electron chi connectivity index (χ0n) is 11.3. The van der Waals surface area contributed by atoms with Crippen LogP contribution in [-0.4, -0.2) is 27.9 Å². The van der Waals surface area contributed by atoms with Crippen molar-refractivity contribution in [3.05, 3.63) is 22.7 Å². The van der Waals surface area contributed by atoms with E-state index in [1.807, 2.05) is 18.2 Å². The zero-order valence-corrected chi connectivity index (χ0v) is 14.4. The second-order valence-electron chi connectivity index (χ2n) is 4.30. The number of methoxy groups -OCH3 is 1. The van der Waals surface area contributed by atoms with Crippen molar-refractivity contribution in [1.29, 1.82) is 0 Å². The van der Waals surface area contributed by atoms with Gasteiger partial charge in [-0.15, -0.1) is 0 Å². The molecule has 1 aromatic rings. The molecule has 0 saturated carbocycles. The van der Waals surface area contributed by atoms with Gasteiger partial charge in [0.05, 0.1) is 23.9 Å². The monoisotopic (exact) mass is 384 g/mol. The number of rotatable bonds is 9. The Balaban J connectivity index is 2.18. The number of hydrogen-bond acceptors (Lipinski definition) is 4. The topological polar surface area (TPSA) is 52.6 Å². The number of benzene rings is 1. The van der Waals surface area contributed by atoms with E-state index in [-0.39, 0.29) is 5.75 Å². The van der Waals surface area contributed by atoms with Crippen LogP contribution < -0.4 is 9.47 Å². The highest BCUT2D eigenvalue weighted by Gasteiger charge is 2.05. The van der Waals surface area contributed by atoms with Gasteiger partial charge < -0.3 is 9.47 Å². The van der Waals surface area contributed by atoms with Crippen molar-refractivity contribution < 1.29 is 17.9 Å². The molecule has 0 aliphatic carbocycles. The van der Waals surface area contributed by atoms with Crippen LogP contribution in [0.4, 0.5) is 0 Å². The first-order chi connectivity index (χ1) is 9.42. The summed E-state index contributed by atoms with van der Waals surface area (Å²) in [7, 11) is 3.39. The minimum absolute atomic E-state index is 0.0411. The molecule has 0 N–H and O–H groups in total. The highest BCUT2D eigenvalue weighted by Crippen LogP contribution is 2.29. The molecule has 0 aliphatic rings. The van der Waals surface area contributed by atoms with Crippen LogP contribution in [-0.2, 0) is 9.05 Å². The molecule has 20 heavy (non-hydrogen) atoms.